The zero-order chi connectivity index (χ0) is 86.4. The molecule has 10 aromatic rings. The molecule has 5 aromatic heterocycles. The molecular weight excluding hydrogens is 1510 g/mol. The first-order valence-electron chi connectivity index (χ1n) is 46.1. The Morgan fingerprint density at radius 1 is 0.297 bits per heavy atom. The van der Waals surface area contributed by atoms with Crippen LogP contribution in [0.1, 0.15) is 198 Å². The summed E-state index contributed by atoms with van der Waals surface area (Å²) in [5, 5.41) is 8.19. The first-order chi connectivity index (χ1) is 55.6. The van der Waals surface area contributed by atoms with E-state index in [0.717, 1.165) is 29.6 Å². The fourth-order valence-corrected chi connectivity index (χ4v) is 27.7. The molecule has 3 saturated carbocycles. The Morgan fingerprint density at radius 3 is 0.822 bits per heavy atom. The summed E-state index contributed by atoms with van der Waals surface area (Å²) < 4.78 is 11.7. The minimum Gasteiger partial charge on any atom is -0.201 e. The Hall–Kier alpha value is -7.07. The smallest absolute Gasteiger partial charge is 0.201 e. The molecule has 1 unspecified atom stereocenters. The molecule has 3 fully saturated rings. The summed E-state index contributed by atoms with van der Waals surface area (Å²) >= 11 is 0. The lowest BCUT2D eigenvalue weighted by atomic mass is 9.83. The molecule has 3 aliphatic rings. The lowest BCUT2D eigenvalue weighted by Gasteiger charge is -2.28. The van der Waals surface area contributed by atoms with Gasteiger partial charge in [0.25, 0.3) is 0 Å². The molecule has 0 N–H and O–H groups in total. The molecular formula is C108H160N5Si5+5. The van der Waals surface area contributed by atoms with Crippen LogP contribution in [-0.2, 0) is 54.5 Å². The Labute approximate surface area is 725 Å². The monoisotopic (exact) mass is 1670 g/mol. The predicted octanol–water partition coefficient (Wildman–Crippen LogP) is 24.2. The van der Waals surface area contributed by atoms with Gasteiger partial charge in [-0.2, -0.15) is 0 Å². The van der Waals surface area contributed by atoms with Gasteiger partial charge in [-0.25, -0.2) is 22.8 Å². The summed E-state index contributed by atoms with van der Waals surface area (Å²) in [6.45, 7) is 57.5. The van der Waals surface area contributed by atoms with Gasteiger partial charge >= 0.3 is 0 Å². The van der Waals surface area contributed by atoms with Gasteiger partial charge < -0.3 is 0 Å². The molecule has 0 bridgehead atoms. The van der Waals surface area contributed by atoms with Crippen molar-refractivity contribution in [3.8, 4) is 56.3 Å². The number of rotatable bonds is 21. The lowest BCUT2D eigenvalue weighted by Crippen LogP contribution is -2.47. The molecule has 0 saturated heterocycles. The number of aromatic nitrogens is 5. The molecule has 5 nitrogen and oxygen atoms in total. The van der Waals surface area contributed by atoms with Crippen LogP contribution >= 0.6 is 0 Å². The van der Waals surface area contributed by atoms with Crippen molar-refractivity contribution in [3.63, 3.8) is 0 Å². The maximum Gasteiger partial charge on any atom is 0.212 e. The van der Waals surface area contributed by atoms with Crippen molar-refractivity contribution in [1.29, 1.82) is 0 Å². The topological polar surface area (TPSA) is 19.4 Å². The standard InChI is InChI=1S/2C22H32NSi.C22H34NSi.C21H30NSi.C21H32NSi/c1-17-10-6-9-13-20(17)21-15-19(14-18-11-7-8-12-18)22(16-23(21)2)24(3,4)5;1-17-11-9-10-14-19(17)21-15-20(18-12-7-6-8-13-18)22(16-23(21)2)24(3,4)5;1-8-18(9-2)14-19-15-21(20-13-11-10-12-17(20)3)23(4)16-22(19)24(5,6)7;1-16-10-6-9-13-18(16)20-14-19(17-11-7-8-12-17)21(15-22(20)2)23(3,4)5;1-8-16(2)13-18-14-20(19-12-10-9-11-17(19)3)22(4)15-21(18)23(5,6)7/h6,9-10,13,15-16,18H,7-8,11-12,14H2,1-5H3;9-11,14-16,18H,6-8,12-13H2,1-5H3;10-13,15-16,18H,8-9,14H2,1-7H3;6,9-10,13-15,17H,7-8,11-12H2,1-5H3;9-12,14-16H,8,13H2,1-7H3/q5*+1. The number of pyridine rings is 5. The average molecular weight is 1670 g/mol. The molecule has 118 heavy (non-hydrogen) atoms. The first kappa shape index (κ1) is 94.8. The van der Waals surface area contributed by atoms with Gasteiger partial charge in [-0.05, 0) is 195 Å². The number of hydrogen-bond donors (Lipinski definition) is 0. The summed E-state index contributed by atoms with van der Waals surface area (Å²) in [5.41, 5.74) is 28.5. The van der Waals surface area contributed by atoms with Crippen molar-refractivity contribution in [1.82, 2.24) is 0 Å². The van der Waals surface area contributed by atoms with E-state index in [1.54, 1.807) is 53.8 Å². The second kappa shape index (κ2) is 41.7. The largest absolute Gasteiger partial charge is 0.212 e. The van der Waals surface area contributed by atoms with Gasteiger partial charge in [0, 0.05) is 84.1 Å². The second-order valence-corrected chi connectivity index (χ2v) is 66.7. The maximum atomic E-state index is 2.53. The van der Waals surface area contributed by atoms with Gasteiger partial charge in [-0.15, -0.1) is 0 Å². The van der Waals surface area contributed by atoms with Crippen LogP contribution < -0.4 is 48.8 Å². The summed E-state index contributed by atoms with van der Waals surface area (Å²) in [6.07, 6.45) is 37.8. The molecule has 0 spiro atoms. The molecule has 0 radical (unpaired) electrons. The highest BCUT2D eigenvalue weighted by Gasteiger charge is 2.36. The SMILES string of the molecule is CCC(C)Cc1cc(-c2ccccc2C)[n+](C)cc1[Si](C)(C)C.CCC(CC)Cc1cc(-c2ccccc2C)[n+](C)cc1[Si](C)(C)C.Cc1ccccc1-c1cc(C2CCCC2)c([Si](C)(C)C)c[n+]1C.Cc1ccccc1-c1cc(C2CCCCC2)c([Si](C)(C)C)c[n+]1C.Cc1ccccc1-c1cc(CC2CCCC2)c([Si](C)(C)C)c[n+]1C. The highest BCUT2D eigenvalue weighted by molar-refractivity contribution is 6.90. The van der Waals surface area contributed by atoms with Gasteiger partial charge in [0.15, 0.2) is 31.0 Å². The van der Waals surface area contributed by atoms with Crippen molar-refractivity contribution >= 4 is 66.3 Å². The molecule has 13 rings (SSSR count). The van der Waals surface area contributed by atoms with E-state index < -0.39 is 40.4 Å². The van der Waals surface area contributed by atoms with E-state index >= 15 is 0 Å². The van der Waals surface area contributed by atoms with Gasteiger partial charge in [0.05, 0.1) is 40.4 Å². The number of benzene rings is 5. The van der Waals surface area contributed by atoms with E-state index in [2.05, 4.69) is 401 Å². The highest BCUT2D eigenvalue weighted by atomic mass is 28.3. The molecule has 0 amide bonds. The van der Waals surface area contributed by atoms with E-state index in [-0.39, 0.29) is 0 Å². The summed E-state index contributed by atoms with van der Waals surface area (Å²) in [6, 6.07) is 56.3. The third-order valence-electron chi connectivity index (χ3n) is 26.6. The van der Waals surface area contributed by atoms with E-state index in [1.807, 2.05) is 0 Å². The molecule has 3 aliphatic carbocycles. The fraction of sp³-hybridized carbons (Fsp3) is 0.491. The third kappa shape index (κ3) is 24.9. The Balaban J connectivity index is 0.000000168. The van der Waals surface area contributed by atoms with Crippen molar-refractivity contribution in [3.05, 3.63) is 238 Å². The molecule has 5 aromatic carbocycles. The normalized spacial score (nSPS) is 14.7. The average Bonchev–Trinajstić information content (AvgIpc) is 1.07. The molecule has 632 valence electrons. The quantitative estimate of drug-likeness (QED) is 0.0505. The van der Waals surface area contributed by atoms with Crippen LogP contribution in [0.5, 0.6) is 0 Å². The van der Waals surface area contributed by atoms with Gasteiger partial charge in [0.2, 0.25) is 28.5 Å². The van der Waals surface area contributed by atoms with Crippen molar-refractivity contribution < 1.29 is 22.8 Å². The zero-order valence-corrected chi connectivity index (χ0v) is 84.9. The number of nitrogens with zero attached hydrogens (tertiary/aromatic N) is 5. The van der Waals surface area contributed by atoms with E-state index in [9.17, 15) is 0 Å². The van der Waals surface area contributed by atoms with Gasteiger partial charge in [0.1, 0.15) is 35.2 Å². The Bertz CT molecular complexity index is 4860. The fourth-order valence-electron chi connectivity index (χ4n) is 19.1. The van der Waals surface area contributed by atoms with Crippen molar-refractivity contribution in [2.75, 3.05) is 0 Å². The summed E-state index contributed by atoms with van der Waals surface area (Å²) in [7, 11) is 4.30. The second-order valence-electron chi connectivity index (χ2n) is 41.5. The summed E-state index contributed by atoms with van der Waals surface area (Å²) in [4.78, 5) is 0. The van der Waals surface area contributed by atoms with Crippen LogP contribution in [0.2, 0.25) is 98.2 Å². The van der Waals surface area contributed by atoms with E-state index in [4.69, 9.17) is 0 Å². The molecule has 0 aliphatic heterocycles. The summed E-state index contributed by atoms with van der Waals surface area (Å²) in [5.74, 6) is 3.97. The minimum absolute atomic E-state index is 0.738. The van der Waals surface area contributed by atoms with Crippen LogP contribution in [0.4, 0.5) is 0 Å². The van der Waals surface area contributed by atoms with Crippen LogP contribution in [-0.4, -0.2) is 40.4 Å². The molecule has 1 atom stereocenters. The van der Waals surface area contributed by atoms with E-state index in [1.165, 1.54) is 206 Å². The van der Waals surface area contributed by atoms with Gasteiger partial charge in [-0.3, -0.25) is 0 Å². The van der Waals surface area contributed by atoms with E-state index in [0.29, 0.717) is 0 Å². The molecule has 5 heterocycles. The number of hydrogen-bond acceptors (Lipinski definition) is 0. The minimum atomic E-state index is -1.36. The predicted molar refractivity (Wildman–Crippen MR) is 527 cm³/mol. The molecule has 10 heteroatoms. The lowest BCUT2D eigenvalue weighted by molar-refractivity contribution is -0.659. The first-order valence-corrected chi connectivity index (χ1v) is 63.6. The third-order valence-corrected chi connectivity index (χ3v) is 36.9. The van der Waals surface area contributed by atoms with Crippen LogP contribution in [0, 0.1) is 52.4 Å². The van der Waals surface area contributed by atoms with Crippen LogP contribution in [0.25, 0.3) is 56.3 Å². The van der Waals surface area contributed by atoms with Crippen LogP contribution in [0.15, 0.2) is 183 Å². The Kier molecular flexibility index (Phi) is 33.5. The highest BCUT2D eigenvalue weighted by Crippen LogP contribution is 2.38. The van der Waals surface area contributed by atoms with Crippen molar-refractivity contribution in [2.24, 2.45) is 53.0 Å². The maximum absolute atomic E-state index is 2.53. The number of aryl methyl sites for hydroxylation is 10. The Morgan fingerprint density at radius 2 is 0.542 bits per heavy atom. The zero-order valence-electron chi connectivity index (χ0n) is 79.9. The van der Waals surface area contributed by atoms with Gasteiger partial charge in [-0.1, -0.05) is 294 Å². The van der Waals surface area contributed by atoms with Crippen molar-refractivity contribution in [2.45, 2.75) is 294 Å². The van der Waals surface area contributed by atoms with Crippen LogP contribution in [0.3, 0.4) is 0 Å².